The second kappa shape index (κ2) is 10.5. The quantitative estimate of drug-likeness (QED) is 0.268. The Morgan fingerprint density at radius 1 is 0.946 bits per heavy atom. The average molecular weight is 501 g/mol. The lowest BCUT2D eigenvalue weighted by Gasteiger charge is -2.19. The molecule has 2 unspecified atom stereocenters. The van der Waals surface area contributed by atoms with Crippen LogP contribution in [0.2, 0.25) is 0 Å². The number of rotatable bonds is 8. The number of carbonyl (C=O) groups is 2. The lowest BCUT2D eigenvalue weighted by Crippen LogP contribution is -2.36. The monoisotopic (exact) mass is 500 g/mol. The van der Waals surface area contributed by atoms with E-state index in [-0.39, 0.29) is 25.7 Å². The van der Waals surface area contributed by atoms with Crippen molar-refractivity contribution in [2.45, 2.75) is 25.0 Å². The molecule has 1 aromatic heterocycles. The van der Waals surface area contributed by atoms with Crippen LogP contribution in [-0.4, -0.2) is 53.1 Å². The zero-order valence-corrected chi connectivity index (χ0v) is 20.3. The van der Waals surface area contributed by atoms with Gasteiger partial charge in [0.2, 0.25) is 0 Å². The standard InChI is InChI=1S/C29H28N2O6/c1-2-36-28(34)25-13-17-11-12-18(14-24(17)31-25)27(33)26(32)15-30-29(35)37-16-23-21-9-5-3-7-19(21)20-8-4-6-10-22(20)23/h3-14,23,26-27,31-33H,2,15-16H2,1H3,(H,30,35). The number of esters is 1. The first-order valence-corrected chi connectivity index (χ1v) is 12.2. The van der Waals surface area contributed by atoms with E-state index in [1.54, 1.807) is 31.2 Å². The summed E-state index contributed by atoms with van der Waals surface area (Å²) < 4.78 is 10.5. The van der Waals surface area contributed by atoms with Gasteiger partial charge in [-0.1, -0.05) is 60.7 Å². The predicted octanol–water partition coefficient (Wildman–Crippen LogP) is 4.28. The van der Waals surface area contributed by atoms with Crippen LogP contribution in [0.1, 0.15) is 46.1 Å². The first kappa shape index (κ1) is 24.5. The number of aromatic amines is 1. The molecule has 0 bridgehead atoms. The second-order valence-corrected chi connectivity index (χ2v) is 8.97. The highest BCUT2D eigenvalue weighted by atomic mass is 16.5. The van der Waals surface area contributed by atoms with Crippen LogP contribution >= 0.6 is 0 Å². The van der Waals surface area contributed by atoms with Gasteiger partial charge in [-0.3, -0.25) is 0 Å². The van der Waals surface area contributed by atoms with Gasteiger partial charge in [0.15, 0.2) is 0 Å². The number of H-pyrrole nitrogens is 1. The zero-order chi connectivity index (χ0) is 25.9. The fraction of sp³-hybridized carbons (Fsp3) is 0.241. The average Bonchev–Trinajstić information content (AvgIpc) is 3.49. The van der Waals surface area contributed by atoms with Gasteiger partial charge in [-0.25, -0.2) is 9.59 Å². The summed E-state index contributed by atoms with van der Waals surface area (Å²) in [5.74, 6) is -0.534. The van der Waals surface area contributed by atoms with Crippen molar-refractivity contribution in [2.75, 3.05) is 19.8 Å². The van der Waals surface area contributed by atoms with Crippen LogP contribution in [0.3, 0.4) is 0 Å². The molecule has 5 rings (SSSR count). The molecule has 1 aliphatic rings. The lowest BCUT2D eigenvalue weighted by atomic mass is 9.98. The Bertz CT molecular complexity index is 1400. The minimum Gasteiger partial charge on any atom is -0.461 e. The Morgan fingerprint density at radius 3 is 2.30 bits per heavy atom. The molecule has 0 radical (unpaired) electrons. The van der Waals surface area contributed by atoms with Crippen molar-refractivity contribution in [1.29, 1.82) is 0 Å². The Hall–Kier alpha value is -4.14. The number of benzene rings is 3. The molecule has 1 amide bonds. The largest absolute Gasteiger partial charge is 0.461 e. The Labute approximate surface area is 213 Å². The maximum atomic E-state index is 12.4. The number of amides is 1. The van der Waals surface area contributed by atoms with Crippen molar-refractivity contribution in [3.05, 3.63) is 95.2 Å². The number of aliphatic hydroxyl groups excluding tert-OH is 2. The number of nitrogens with one attached hydrogen (secondary N) is 2. The Balaban J connectivity index is 1.18. The highest BCUT2D eigenvalue weighted by molar-refractivity contribution is 5.95. The number of aliphatic hydroxyl groups is 2. The molecule has 4 aromatic rings. The van der Waals surface area contributed by atoms with E-state index < -0.39 is 24.3 Å². The van der Waals surface area contributed by atoms with Crippen molar-refractivity contribution in [3.8, 4) is 11.1 Å². The van der Waals surface area contributed by atoms with Crippen LogP contribution in [0.25, 0.3) is 22.0 Å². The molecule has 0 saturated heterocycles. The third-order valence-corrected chi connectivity index (χ3v) is 6.65. The van der Waals surface area contributed by atoms with Crippen LogP contribution in [0.15, 0.2) is 72.8 Å². The van der Waals surface area contributed by atoms with Crippen molar-refractivity contribution in [1.82, 2.24) is 10.3 Å². The van der Waals surface area contributed by atoms with E-state index in [0.717, 1.165) is 27.6 Å². The summed E-state index contributed by atoms with van der Waals surface area (Å²) in [6.45, 7) is 1.95. The van der Waals surface area contributed by atoms with Gasteiger partial charge in [0.25, 0.3) is 0 Å². The zero-order valence-electron chi connectivity index (χ0n) is 20.3. The molecule has 8 nitrogen and oxygen atoms in total. The highest BCUT2D eigenvalue weighted by Crippen LogP contribution is 2.44. The first-order valence-electron chi connectivity index (χ1n) is 12.2. The van der Waals surface area contributed by atoms with Crippen LogP contribution in [0.4, 0.5) is 4.79 Å². The topological polar surface area (TPSA) is 121 Å². The highest BCUT2D eigenvalue weighted by Gasteiger charge is 2.29. The van der Waals surface area contributed by atoms with E-state index in [1.165, 1.54) is 0 Å². The number of hydrogen-bond donors (Lipinski definition) is 4. The maximum absolute atomic E-state index is 12.4. The summed E-state index contributed by atoms with van der Waals surface area (Å²) in [5, 5.41) is 24.4. The van der Waals surface area contributed by atoms with E-state index in [4.69, 9.17) is 9.47 Å². The SMILES string of the molecule is CCOC(=O)c1cc2ccc(C(O)C(O)CNC(=O)OCC3c4ccccc4-c4ccccc43)cc2[nH]1. The first-order chi connectivity index (χ1) is 18.0. The summed E-state index contributed by atoms with van der Waals surface area (Å²) in [5.41, 5.74) is 5.86. The van der Waals surface area contributed by atoms with Crippen LogP contribution in [-0.2, 0) is 9.47 Å². The molecule has 8 heteroatoms. The van der Waals surface area contributed by atoms with E-state index in [0.29, 0.717) is 16.8 Å². The van der Waals surface area contributed by atoms with E-state index in [1.807, 2.05) is 36.4 Å². The minimum absolute atomic E-state index is 0.0688. The lowest BCUT2D eigenvalue weighted by molar-refractivity contribution is 0.0186. The van der Waals surface area contributed by atoms with E-state index >= 15 is 0 Å². The van der Waals surface area contributed by atoms with Gasteiger partial charge < -0.3 is 30.0 Å². The van der Waals surface area contributed by atoms with Crippen LogP contribution < -0.4 is 5.32 Å². The molecule has 3 aromatic carbocycles. The molecule has 190 valence electrons. The Morgan fingerprint density at radius 2 is 1.62 bits per heavy atom. The smallest absolute Gasteiger partial charge is 0.407 e. The summed E-state index contributed by atoms with van der Waals surface area (Å²) >= 11 is 0. The summed E-state index contributed by atoms with van der Waals surface area (Å²) in [4.78, 5) is 27.3. The van der Waals surface area contributed by atoms with Gasteiger partial charge in [0.1, 0.15) is 24.5 Å². The molecule has 0 aliphatic heterocycles. The molecule has 37 heavy (non-hydrogen) atoms. The molecule has 0 saturated carbocycles. The molecule has 0 spiro atoms. The number of carbonyl (C=O) groups excluding carboxylic acids is 2. The molecule has 2 atom stereocenters. The molecule has 1 aliphatic carbocycles. The van der Waals surface area contributed by atoms with Gasteiger partial charge in [0.05, 0.1) is 6.61 Å². The molecule has 0 fully saturated rings. The van der Waals surface area contributed by atoms with Gasteiger partial charge >= 0.3 is 12.1 Å². The molecule has 1 heterocycles. The normalized spacial score (nSPS) is 14.0. The molecular weight excluding hydrogens is 472 g/mol. The van der Waals surface area contributed by atoms with Gasteiger partial charge in [-0.2, -0.15) is 0 Å². The number of aromatic nitrogens is 1. The van der Waals surface area contributed by atoms with Crippen LogP contribution in [0, 0.1) is 0 Å². The maximum Gasteiger partial charge on any atom is 0.407 e. The summed E-state index contributed by atoms with van der Waals surface area (Å²) in [6, 6.07) is 22.8. The van der Waals surface area contributed by atoms with Crippen molar-refractivity contribution >= 4 is 23.0 Å². The third-order valence-electron chi connectivity index (χ3n) is 6.65. The van der Waals surface area contributed by atoms with Crippen LogP contribution in [0.5, 0.6) is 0 Å². The number of ether oxygens (including phenoxy) is 2. The second-order valence-electron chi connectivity index (χ2n) is 8.97. The van der Waals surface area contributed by atoms with E-state index in [2.05, 4.69) is 22.4 Å². The van der Waals surface area contributed by atoms with E-state index in [9.17, 15) is 19.8 Å². The summed E-state index contributed by atoms with van der Waals surface area (Å²) in [6.07, 6.45) is -3.20. The molecule has 4 N–H and O–H groups in total. The van der Waals surface area contributed by atoms with Crippen molar-refractivity contribution < 1.29 is 29.3 Å². The van der Waals surface area contributed by atoms with Gasteiger partial charge in [-0.05, 0) is 46.9 Å². The van der Waals surface area contributed by atoms with Crippen molar-refractivity contribution in [2.24, 2.45) is 0 Å². The molecular formula is C29H28N2O6. The number of fused-ring (bicyclic) bond motifs is 4. The van der Waals surface area contributed by atoms with Crippen molar-refractivity contribution in [3.63, 3.8) is 0 Å². The predicted molar refractivity (Wildman–Crippen MR) is 138 cm³/mol. The third kappa shape index (κ3) is 4.94. The fourth-order valence-corrected chi connectivity index (χ4v) is 4.82. The number of alkyl carbamates (subject to hydrolysis) is 1. The van der Waals surface area contributed by atoms with Gasteiger partial charge in [-0.15, -0.1) is 0 Å². The summed E-state index contributed by atoms with van der Waals surface area (Å²) in [7, 11) is 0. The minimum atomic E-state index is -1.27. The number of hydrogen-bond acceptors (Lipinski definition) is 6. The fourth-order valence-electron chi connectivity index (χ4n) is 4.82. The van der Waals surface area contributed by atoms with Gasteiger partial charge in [0, 0.05) is 23.4 Å². The Kier molecular flexibility index (Phi) is 6.94.